The maximum atomic E-state index is 11.1. The highest BCUT2D eigenvalue weighted by Crippen LogP contribution is 1.93. The van der Waals surface area contributed by atoms with Crippen molar-refractivity contribution < 1.29 is 20.1 Å². The van der Waals surface area contributed by atoms with E-state index in [0.29, 0.717) is 0 Å². The average Bonchev–Trinajstić information content (AvgIpc) is 2.03. The topological polar surface area (TPSA) is 81.0 Å². The number of rotatable bonds is 5. The Morgan fingerprint density at radius 2 is 1.75 bits per heavy atom. The second-order valence-corrected chi connectivity index (χ2v) is 2.45. The molecule has 3 N–H and O–H groups in total. The second-order valence-electron chi connectivity index (χ2n) is 2.45. The van der Waals surface area contributed by atoms with Gasteiger partial charge in [-0.1, -0.05) is 0 Å². The summed E-state index contributed by atoms with van der Waals surface area (Å²) in [6, 6.07) is 0. The van der Waals surface area contributed by atoms with Crippen LogP contribution in [0.15, 0.2) is 0 Å². The Hall–Kier alpha value is -0.650. The molecule has 0 aliphatic rings. The summed E-state index contributed by atoms with van der Waals surface area (Å²) in [5, 5.41) is 26.0. The molecule has 0 rings (SSSR count). The van der Waals surface area contributed by atoms with Gasteiger partial charge in [0.15, 0.2) is 0 Å². The molecule has 0 bridgehead atoms. The van der Waals surface area contributed by atoms with Crippen LogP contribution in [-0.2, 0) is 4.79 Å². The van der Waals surface area contributed by atoms with Crippen molar-refractivity contribution in [2.24, 2.45) is 0 Å². The lowest BCUT2D eigenvalue weighted by atomic mass is 10.3. The van der Waals surface area contributed by atoms with Gasteiger partial charge in [0.1, 0.15) is 6.10 Å². The summed E-state index contributed by atoms with van der Waals surface area (Å²) < 4.78 is 0. The van der Waals surface area contributed by atoms with Gasteiger partial charge in [0.25, 0.3) is 5.91 Å². The molecule has 0 saturated carbocycles. The van der Waals surface area contributed by atoms with Crippen molar-refractivity contribution in [3.05, 3.63) is 0 Å². The number of hydrogen-bond acceptors (Lipinski definition) is 4. The lowest BCUT2D eigenvalue weighted by molar-refractivity contribution is -0.140. The van der Waals surface area contributed by atoms with Crippen molar-refractivity contribution in [3.63, 3.8) is 0 Å². The molecule has 0 spiro atoms. The highest BCUT2D eigenvalue weighted by atomic mass is 16.3. The average molecular weight is 177 g/mol. The van der Waals surface area contributed by atoms with Gasteiger partial charge in [0, 0.05) is 13.1 Å². The van der Waals surface area contributed by atoms with Crippen LogP contribution in [0.25, 0.3) is 0 Å². The number of amides is 1. The molecule has 0 saturated heterocycles. The predicted octanol–water partition coefficient (Wildman–Crippen LogP) is -1.82. The minimum absolute atomic E-state index is 0.143. The first-order valence-corrected chi connectivity index (χ1v) is 3.82. The normalized spacial score (nSPS) is 12.7. The van der Waals surface area contributed by atoms with Gasteiger partial charge >= 0.3 is 0 Å². The zero-order valence-corrected chi connectivity index (χ0v) is 7.10. The summed E-state index contributed by atoms with van der Waals surface area (Å²) in [5.41, 5.74) is 0. The molecule has 0 aromatic carbocycles. The van der Waals surface area contributed by atoms with Gasteiger partial charge in [-0.25, -0.2) is 0 Å². The van der Waals surface area contributed by atoms with Crippen molar-refractivity contribution in [2.45, 2.75) is 13.0 Å². The molecular weight excluding hydrogens is 162 g/mol. The fourth-order valence-corrected chi connectivity index (χ4v) is 0.838. The van der Waals surface area contributed by atoms with E-state index in [0.717, 1.165) is 0 Å². The Bertz CT molecular complexity index is 131. The summed E-state index contributed by atoms with van der Waals surface area (Å²) in [6.07, 6.45) is -1.08. The van der Waals surface area contributed by atoms with Crippen molar-refractivity contribution in [2.75, 3.05) is 26.3 Å². The van der Waals surface area contributed by atoms with Crippen LogP contribution >= 0.6 is 0 Å². The molecule has 1 atom stereocenters. The minimum atomic E-state index is -1.08. The van der Waals surface area contributed by atoms with E-state index >= 15 is 0 Å². The number of nitrogens with zero attached hydrogens (tertiary/aromatic N) is 1. The fourth-order valence-electron chi connectivity index (χ4n) is 0.838. The molecule has 5 nitrogen and oxygen atoms in total. The first-order chi connectivity index (χ1) is 5.63. The Labute approximate surface area is 71.2 Å². The molecule has 0 aliphatic carbocycles. The second kappa shape index (κ2) is 5.93. The van der Waals surface area contributed by atoms with E-state index in [2.05, 4.69) is 0 Å². The zero-order chi connectivity index (χ0) is 9.56. The van der Waals surface area contributed by atoms with E-state index in [1.807, 2.05) is 0 Å². The Morgan fingerprint density at radius 3 is 2.00 bits per heavy atom. The number of carbonyl (C=O) groups excluding carboxylic acids is 1. The molecule has 0 fully saturated rings. The lowest BCUT2D eigenvalue weighted by Gasteiger charge is -2.21. The highest BCUT2D eigenvalue weighted by molar-refractivity contribution is 5.80. The molecule has 72 valence electrons. The highest BCUT2D eigenvalue weighted by Gasteiger charge is 2.16. The molecule has 5 heteroatoms. The van der Waals surface area contributed by atoms with E-state index in [4.69, 9.17) is 15.3 Å². The Kier molecular flexibility index (Phi) is 5.61. The van der Waals surface area contributed by atoms with Crippen molar-refractivity contribution in [1.82, 2.24) is 4.90 Å². The summed E-state index contributed by atoms with van der Waals surface area (Å²) in [7, 11) is 0. The summed E-state index contributed by atoms with van der Waals surface area (Å²) in [4.78, 5) is 12.3. The third-order valence-electron chi connectivity index (χ3n) is 1.41. The largest absolute Gasteiger partial charge is 0.395 e. The van der Waals surface area contributed by atoms with Crippen molar-refractivity contribution >= 4 is 5.91 Å². The number of hydrogen-bond donors (Lipinski definition) is 3. The third-order valence-corrected chi connectivity index (χ3v) is 1.41. The van der Waals surface area contributed by atoms with Crippen molar-refractivity contribution in [3.8, 4) is 0 Å². The van der Waals surface area contributed by atoms with Crippen LogP contribution in [0, 0.1) is 0 Å². The van der Waals surface area contributed by atoms with E-state index in [1.54, 1.807) is 0 Å². The Balaban J connectivity index is 3.99. The van der Waals surface area contributed by atoms with Gasteiger partial charge in [0.2, 0.25) is 0 Å². The monoisotopic (exact) mass is 177 g/mol. The standard InChI is InChI=1S/C7H15NO4/c1-6(11)7(12)8(2-4-9)3-5-10/h6,9-11H,2-5H2,1H3/t6-/m1/s1. The van der Waals surface area contributed by atoms with Crippen LogP contribution in [0.3, 0.4) is 0 Å². The number of aliphatic hydroxyl groups excluding tert-OH is 3. The predicted molar refractivity (Wildman–Crippen MR) is 42.4 cm³/mol. The maximum Gasteiger partial charge on any atom is 0.251 e. The molecule has 0 unspecified atom stereocenters. The van der Waals surface area contributed by atoms with Gasteiger partial charge in [-0.15, -0.1) is 0 Å². The van der Waals surface area contributed by atoms with E-state index in [1.165, 1.54) is 11.8 Å². The zero-order valence-electron chi connectivity index (χ0n) is 7.10. The van der Waals surface area contributed by atoms with Crippen LogP contribution < -0.4 is 0 Å². The lowest BCUT2D eigenvalue weighted by Crippen LogP contribution is -2.41. The SMILES string of the molecule is C[C@@H](O)C(=O)N(CCO)CCO. The van der Waals surface area contributed by atoms with Gasteiger partial charge in [0.05, 0.1) is 13.2 Å². The maximum absolute atomic E-state index is 11.1. The van der Waals surface area contributed by atoms with E-state index in [-0.39, 0.29) is 26.3 Å². The van der Waals surface area contributed by atoms with E-state index in [9.17, 15) is 4.79 Å². The van der Waals surface area contributed by atoms with Crippen molar-refractivity contribution in [1.29, 1.82) is 0 Å². The summed E-state index contributed by atoms with van der Waals surface area (Å²) in [6.45, 7) is 1.30. The van der Waals surface area contributed by atoms with E-state index < -0.39 is 12.0 Å². The van der Waals surface area contributed by atoms with Gasteiger partial charge in [-0.3, -0.25) is 4.79 Å². The fraction of sp³-hybridized carbons (Fsp3) is 0.857. The van der Waals surface area contributed by atoms with Crippen LogP contribution in [0.1, 0.15) is 6.92 Å². The molecule has 1 amide bonds. The molecule has 0 aliphatic heterocycles. The minimum Gasteiger partial charge on any atom is -0.395 e. The van der Waals surface area contributed by atoms with Crippen LogP contribution in [0.4, 0.5) is 0 Å². The number of carbonyl (C=O) groups is 1. The van der Waals surface area contributed by atoms with Gasteiger partial charge in [-0.2, -0.15) is 0 Å². The quantitative estimate of drug-likeness (QED) is 0.462. The van der Waals surface area contributed by atoms with Gasteiger partial charge in [-0.05, 0) is 6.92 Å². The van der Waals surface area contributed by atoms with Crippen LogP contribution in [0.2, 0.25) is 0 Å². The smallest absolute Gasteiger partial charge is 0.251 e. The summed E-state index contributed by atoms with van der Waals surface area (Å²) >= 11 is 0. The third kappa shape index (κ3) is 3.66. The molecule has 0 aromatic heterocycles. The van der Waals surface area contributed by atoms with Crippen LogP contribution in [0.5, 0.6) is 0 Å². The molecule has 0 aromatic rings. The molecule has 0 radical (unpaired) electrons. The van der Waals surface area contributed by atoms with Crippen LogP contribution in [-0.4, -0.2) is 58.5 Å². The van der Waals surface area contributed by atoms with Gasteiger partial charge < -0.3 is 20.2 Å². The molecular formula is C7H15NO4. The number of aliphatic hydroxyl groups is 3. The first-order valence-electron chi connectivity index (χ1n) is 3.82. The summed E-state index contributed by atoms with van der Waals surface area (Å²) in [5.74, 6) is -0.474. The Morgan fingerprint density at radius 1 is 1.33 bits per heavy atom. The molecule has 12 heavy (non-hydrogen) atoms. The molecule has 0 heterocycles. The first kappa shape index (κ1) is 11.4.